The molecule has 1 atom stereocenters. The van der Waals surface area contributed by atoms with Crippen LogP contribution in [0.15, 0.2) is 12.1 Å². The average molecular weight is 312 g/mol. The monoisotopic (exact) mass is 311 g/mol. The van der Waals surface area contributed by atoms with Crippen molar-refractivity contribution in [3.8, 4) is 0 Å². The quantitative estimate of drug-likeness (QED) is 0.745. The molecule has 1 aromatic carbocycles. The molecule has 0 bridgehead atoms. The van der Waals surface area contributed by atoms with Gasteiger partial charge in [0.05, 0.1) is 29.0 Å². The summed E-state index contributed by atoms with van der Waals surface area (Å²) in [5.74, 6) is -0.398. The van der Waals surface area contributed by atoms with Gasteiger partial charge in [-0.3, -0.25) is 14.9 Å². The molecule has 1 aliphatic rings. The average Bonchev–Trinajstić information content (AvgIpc) is 2.91. The first-order chi connectivity index (χ1) is 9.65. The zero-order chi connectivity index (χ0) is 14.1. The van der Waals surface area contributed by atoms with Gasteiger partial charge in [0.15, 0.2) is 0 Å². The normalized spacial score (nSPS) is 18.9. The SMILES string of the molecule is O=C1CNC(C(=O)Nc2c(Cl)ccc3nsnc23)CN1. The summed E-state index contributed by atoms with van der Waals surface area (Å²) in [6.07, 6.45) is 0. The number of hydrogen-bond acceptors (Lipinski definition) is 6. The summed E-state index contributed by atoms with van der Waals surface area (Å²) in [5, 5.41) is 8.62. The Morgan fingerprint density at radius 1 is 1.45 bits per heavy atom. The molecular weight excluding hydrogens is 302 g/mol. The van der Waals surface area contributed by atoms with E-state index in [9.17, 15) is 9.59 Å². The molecule has 20 heavy (non-hydrogen) atoms. The molecule has 3 rings (SSSR count). The van der Waals surface area contributed by atoms with Crippen LogP contribution < -0.4 is 16.0 Å². The second-order valence-electron chi connectivity index (χ2n) is 4.28. The molecule has 0 aliphatic carbocycles. The fourth-order valence-electron chi connectivity index (χ4n) is 1.91. The van der Waals surface area contributed by atoms with Gasteiger partial charge in [-0.2, -0.15) is 8.75 Å². The summed E-state index contributed by atoms with van der Waals surface area (Å²) in [6, 6.07) is 2.91. The van der Waals surface area contributed by atoms with Crippen molar-refractivity contribution < 1.29 is 9.59 Å². The number of rotatable bonds is 2. The van der Waals surface area contributed by atoms with E-state index in [1.54, 1.807) is 12.1 Å². The molecule has 7 nitrogen and oxygen atoms in total. The molecule has 1 unspecified atom stereocenters. The number of anilines is 1. The maximum Gasteiger partial charge on any atom is 0.243 e. The zero-order valence-electron chi connectivity index (χ0n) is 10.1. The fourth-order valence-corrected chi connectivity index (χ4v) is 2.65. The Bertz CT molecular complexity index is 679. The van der Waals surface area contributed by atoms with Gasteiger partial charge in [0.25, 0.3) is 0 Å². The summed E-state index contributed by atoms with van der Waals surface area (Å²) in [6.45, 7) is 0.363. The van der Waals surface area contributed by atoms with Gasteiger partial charge in [0, 0.05) is 6.54 Å². The van der Waals surface area contributed by atoms with Crippen LogP contribution >= 0.6 is 23.3 Å². The van der Waals surface area contributed by atoms with Gasteiger partial charge >= 0.3 is 0 Å². The highest BCUT2D eigenvalue weighted by Crippen LogP contribution is 2.29. The predicted octanol–water partition coefficient (Wildman–Crippen LogP) is 0.371. The smallest absolute Gasteiger partial charge is 0.243 e. The Hall–Kier alpha value is -1.77. The third-order valence-corrected chi connectivity index (χ3v) is 3.81. The lowest BCUT2D eigenvalue weighted by molar-refractivity contribution is -0.124. The van der Waals surface area contributed by atoms with Crippen LogP contribution in [-0.4, -0.2) is 39.7 Å². The first-order valence-corrected chi connectivity index (χ1v) is 6.97. The van der Waals surface area contributed by atoms with Crippen LogP contribution in [-0.2, 0) is 9.59 Å². The molecule has 9 heteroatoms. The molecule has 1 fully saturated rings. The first kappa shape index (κ1) is 13.2. The molecule has 3 N–H and O–H groups in total. The van der Waals surface area contributed by atoms with E-state index in [0.717, 1.165) is 11.7 Å². The second-order valence-corrected chi connectivity index (χ2v) is 5.22. The van der Waals surface area contributed by atoms with Gasteiger partial charge < -0.3 is 10.6 Å². The molecule has 0 radical (unpaired) electrons. The number of benzene rings is 1. The van der Waals surface area contributed by atoms with Crippen molar-refractivity contribution >= 4 is 51.9 Å². The summed E-state index contributed by atoms with van der Waals surface area (Å²) in [5.41, 5.74) is 1.69. The highest BCUT2D eigenvalue weighted by atomic mass is 35.5. The number of amides is 2. The van der Waals surface area contributed by atoms with Gasteiger partial charge in [-0.05, 0) is 12.1 Å². The standard InChI is InChI=1S/C11H10ClN5O2S/c12-5-1-2-6-10(17-20-16-6)9(5)15-11(19)7-3-14-8(18)4-13-7/h1-2,7,13H,3-4H2,(H,14,18)(H,15,19). The minimum absolute atomic E-state index is 0.119. The molecule has 0 spiro atoms. The van der Waals surface area contributed by atoms with E-state index in [4.69, 9.17) is 11.6 Å². The van der Waals surface area contributed by atoms with Crippen LogP contribution in [0.4, 0.5) is 5.69 Å². The number of carbonyl (C=O) groups is 2. The Morgan fingerprint density at radius 2 is 2.30 bits per heavy atom. The van der Waals surface area contributed by atoms with E-state index in [-0.39, 0.29) is 24.9 Å². The van der Waals surface area contributed by atoms with Gasteiger partial charge in [-0.1, -0.05) is 11.6 Å². The Kier molecular flexibility index (Phi) is 3.51. The largest absolute Gasteiger partial charge is 0.353 e. The van der Waals surface area contributed by atoms with Crippen LogP contribution in [0.25, 0.3) is 11.0 Å². The third kappa shape index (κ3) is 2.45. The Labute approximate surface area is 123 Å². The van der Waals surface area contributed by atoms with Crippen molar-refractivity contribution in [2.45, 2.75) is 6.04 Å². The van der Waals surface area contributed by atoms with Crippen LogP contribution in [0.2, 0.25) is 5.02 Å². The zero-order valence-corrected chi connectivity index (χ0v) is 11.7. The van der Waals surface area contributed by atoms with Crippen LogP contribution in [0.5, 0.6) is 0 Å². The minimum Gasteiger partial charge on any atom is -0.353 e. The summed E-state index contributed by atoms with van der Waals surface area (Å²) in [7, 11) is 0. The molecule has 0 saturated carbocycles. The van der Waals surface area contributed by atoms with E-state index < -0.39 is 6.04 Å². The van der Waals surface area contributed by atoms with Gasteiger partial charge in [0.2, 0.25) is 11.8 Å². The summed E-state index contributed by atoms with van der Waals surface area (Å²) >= 11 is 7.15. The molecule has 2 amide bonds. The number of aromatic nitrogens is 2. The number of nitrogens with one attached hydrogen (secondary N) is 3. The number of halogens is 1. The number of hydrogen-bond donors (Lipinski definition) is 3. The van der Waals surface area contributed by atoms with Gasteiger partial charge in [-0.25, -0.2) is 0 Å². The second kappa shape index (κ2) is 5.31. The van der Waals surface area contributed by atoms with Crippen molar-refractivity contribution in [1.29, 1.82) is 0 Å². The first-order valence-electron chi connectivity index (χ1n) is 5.87. The molecule has 2 aromatic rings. The molecule has 104 valence electrons. The molecule has 2 heterocycles. The Balaban J connectivity index is 1.82. The molecule has 1 saturated heterocycles. The number of carbonyl (C=O) groups excluding carboxylic acids is 2. The fraction of sp³-hybridized carbons (Fsp3) is 0.273. The van der Waals surface area contributed by atoms with Crippen LogP contribution in [0, 0.1) is 0 Å². The van der Waals surface area contributed by atoms with Crippen molar-refractivity contribution in [2.24, 2.45) is 0 Å². The predicted molar refractivity (Wildman–Crippen MR) is 75.9 cm³/mol. The van der Waals surface area contributed by atoms with Crippen molar-refractivity contribution in [2.75, 3.05) is 18.4 Å². The topological polar surface area (TPSA) is 96.0 Å². The van der Waals surface area contributed by atoms with Crippen LogP contribution in [0.1, 0.15) is 0 Å². The summed E-state index contributed by atoms with van der Waals surface area (Å²) in [4.78, 5) is 23.2. The van der Waals surface area contributed by atoms with Gasteiger partial charge in [-0.15, -0.1) is 0 Å². The van der Waals surface area contributed by atoms with E-state index in [2.05, 4.69) is 24.7 Å². The van der Waals surface area contributed by atoms with E-state index >= 15 is 0 Å². The number of nitrogens with zero attached hydrogens (tertiary/aromatic N) is 2. The Morgan fingerprint density at radius 3 is 3.05 bits per heavy atom. The number of piperazine rings is 1. The van der Waals surface area contributed by atoms with E-state index in [1.165, 1.54) is 0 Å². The van der Waals surface area contributed by atoms with E-state index in [1.807, 2.05) is 0 Å². The lowest BCUT2D eigenvalue weighted by Gasteiger charge is -2.23. The third-order valence-electron chi connectivity index (χ3n) is 2.95. The van der Waals surface area contributed by atoms with Crippen LogP contribution in [0.3, 0.4) is 0 Å². The van der Waals surface area contributed by atoms with Crippen molar-refractivity contribution in [3.63, 3.8) is 0 Å². The number of fused-ring (bicyclic) bond motifs is 1. The van der Waals surface area contributed by atoms with E-state index in [0.29, 0.717) is 21.7 Å². The lowest BCUT2D eigenvalue weighted by atomic mass is 10.2. The molecular formula is C11H10ClN5O2S. The van der Waals surface area contributed by atoms with Gasteiger partial charge in [0.1, 0.15) is 17.1 Å². The maximum absolute atomic E-state index is 12.2. The maximum atomic E-state index is 12.2. The molecule has 1 aromatic heterocycles. The molecule has 1 aliphatic heterocycles. The van der Waals surface area contributed by atoms with Crippen molar-refractivity contribution in [1.82, 2.24) is 19.4 Å². The minimum atomic E-state index is -0.495. The highest BCUT2D eigenvalue weighted by Gasteiger charge is 2.25. The lowest BCUT2D eigenvalue weighted by Crippen LogP contribution is -2.56. The highest BCUT2D eigenvalue weighted by molar-refractivity contribution is 7.00. The van der Waals surface area contributed by atoms with Crippen molar-refractivity contribution in [3.05, 3.63) is 17.2 Å². The summed E-state index contributed by atoms with van der Waals surface area (Å²) < 4.78 is 8.23.